The third-order valence-corrected chi connectivity index (χ3v) is 5.45. The molecule has 1 amide bonds. The van der Waals surface area contributed by atoms with Crippen molar-refractivity contribution < 1.29 is 9.53 Å². The standard InChI is InChI=1S/C22H33N3O2S/c1-2-3-4-5-6-7-8-9-10-11-16-27-20-14-12-19(13-15-20)17-23-25-22-24-21(26)18-28-22/h12-15,17H,2-11,16,18H2,1H3,(H,24,25,26). The van der Waals surface area contributed by atoms with Crippen LogP contribution in [0.3, 0.4) is 0 Å². The van der Waals surface area contributed by atoms with Crippen molar-refractivity contribution in [1.82, 2.24) is 5.32 Å². The quantitative estimate of drug-likeness (QED) is 0.252. The number of ether oxygens (including phenoxy) is 1. The van der Waals surface area contributed by atoms with Gasteiger partial charge in [0.05, 0.1) is 18.6 Å². The molecule has 0 aromatic heterocycles. The van der Waals surface area contributed by atoms with Crippen LogP contribution in [0, 0.1) is 0 Å². The lowest BCUT2D eigenvalue weighted by atomic mass is 10.1. The van der Waals surface area contributed by atoms with Crippen molar-refractivity contribution in [1.29, 1.82) is 0 Å². The van der Waals surface area contributed by atoms with Gasteiger partial charge in [-0.1, -0.05) is 76.5 Å². The van der Waals surface area contributed by atoms with E-state index in [1.165, 1.54) is 69.5 Å². The van der Waals surface area contributed by atoms with Crippen LogP contribution in [0.5, 0.6) is 5.75 Å². The molecule has 0 saturated carbocycles. The molecule has 1 aliphatic rings. The number of benzene rings is 1. The minimum atomic E-state index is -0.0251. The Morgan fingerprint density at radius 1 is 1.00 bits per heavy atom. The van der Waals surface area contributed by atoms with E-state index in [-0.39, 0.29) is 5.91 Å². The van der Waals surface area contributed by atoms with Crippen molar-refractivity contribution in [2.24, 2.45) is 10.2 Å². The minimum absolute atomic E-state index is 0.0251. The van der Waals surface area contributed by atoms with Crippen molar-refractivity contribution in [3.63, 3.8) is 0 Å². The van der Waals surface area contributed by atoms with Gasteiger partial charge in [-0.05, 0) is 36.2 Å². The zero-order valence-electron chi connectivity index (χ0n) is 17.0. The van der Waals surface area contributed by atoms with Crippen LogP contribution in [0.25, 0.3) is 0 Å². The van der Waals surface area contributed by atoms with E-state index in [0.717, 1.165) is 24.3 Å². The molecule has 1 aromatic rings. The Morgan fingerprint density at radius 2 is 1.64 bits per heavy atom. The maximum atomic E-state index is 11.1. The second-order valence-corrected chi connectivity index (χ2v) is 8.05. The van der Waals surface area contributed by atoms with Gasteiger partial charge in [0, 0.05) is 0 Å². The molecule has 1 aliphatic heterocycles. The molecule has 1 N–H and O–H groups in total. The highest BCUT2D eigenvalue weighted by Crippen LogP contribution is 2.14. The topological polar surface area (TPSA) is 63.1 Å². The van der Waals surface area contributed by atoms with Crippen LogP contribution < -0.4 is 10.1 Å². The minimum Gasteiger partial charge on any atom is -0.494 e. The highest BCUT2D eigenvalue weighted by atomic mass is 32.2. The smallest absolute Gasteiger partial charge is 0.236 e. The normalized spacial score (nSPS) is 15.5. The second kappa shape index (κ2) is 14.2. The molecule has 1 saturated heterocycles. The van der Waals surface area contributed by atoms with Gasteiger partial charge >= 0.3 is 0 Å². The molecule has 0 bridgehead atoms. The molecule has 0 spiro atoms. The molecular formula is C22H33N3O2S. The third kappa shape index (κ3) is 9.93. The summed E-state index contributed by atoms with van der Waals surface area (Å²) in [6.07, 6.45) is 15.0. The molecular weight excluding hydrogens is 370 g/mol. The molecule has 6 heteroatoms. The molecule has 0 atom stereocenters. The zero-order chi connectivity index (χ0) is 19.9. The Balaban J connectivity index is 1.51. The van der Waals surface area contributed by atoms with E-state index < -0.39 is 0 Å². The maximum absolute atomic E-state index is 11.1. The van der Waals surface area contributed by atoms with Crippen LogP contribution in [-0.4, -0.2) is 29.6 Å². The average molecular weight is 404 g/mol. The first-order valence-electron chi connectivity index (χ1n) is 10.5. The number of unbranched alkanes of at least 4 members (excludes halogenated alkanes) is 9. The van der Waals surface area contributed by atoms with Gasteiger partial charge in [0.1, 0.15) is 5.75 Å². The van der Waals surface area contributed by atoms with E-state index >= 15 is 0 Å². The van der Waals surface area contributed by atoms with Crippen molar-refractivity contribution in [3.05, 3.63) is 29.8 Å². The fourth-order valence-electron chi connectivity index (χ4n) is 2.96. The van der Waals surface area contributed by atoms with E-state index in [1.54, 1.807) is 6.21 Å². The Bertz CT molecular complexity index is 629. The number of hydrogen-bond donors (Lipinski definition) is 1. The first-order valence-corrected chi connectivity index (χ1v) is 11.5. The zero-order valence-corrected chi connectivity index (χ0v) is 17.8. The van der Waals surface area contributed by atoms with Crippen LogP contribution in [-0.2, 0) is 4.79 Å². The molecule has 0 aliphatic carbocycles. The Morgan fingerprint density at radius 3 is 2.25 bits per heavy atom. The van der Waals surface area contributed by atoms with Gasteiger partial charge in [-0.25, -0.2) is 0 Å². The molecule has 1 heterocycles. The van der Waals surface area contributed by atoms with Gasteiger partial charge in [0.25, 0.3) is 0 Å². The number of carbonyl (C=O) groups is 1. The summed E-state index contributed by atoms with van der Waals surface area (Å²) < 4.78 is 5.81. The van der Waals surface area contributed by atoms with Gasteiger partial charge in [0.15, 0.2) is 5.17 Å². The molecule has 1 fully saturated rings. The maximum Gasteiger partial charge on any atom is 0.236 e. The molecule has 28 heavy (non-hydrogen) atoms. The van der Waals surface area contributed by atoms with Gasteiger partial charge in [0.2, 0.25) is 5.91 Å². The fourth-order valence-corrected chi connectivity index (χ4v) is 3.59. The van der Waals surface area contributed by atoms with Crippen LogP contribution >= 0.6 is 11.8 Å². The van der Waals surface area contributed by atoms with Crippen molar-refractivity contribution in [2.45, 2.75) is 71.1 Å². The van der Waals surface area contributed by atoms with E-state index in [1.807, 2.05) is 24.3 Å². The predicted octanol–water partition coefficient (Wildman–Crippen LogP) is 5.54. The molecule has 2 rings (SSSR count). The first kappa shape index (κ1) is 22.5. The number of rotatable bonds is 14. The number of amides is 1. The van der Waals surface area contributed by atoms with Crippen molar-refractivity contribution in [3.8, 4) is 5.75 Å². The molecule has 5 nitrogen and oxygen atoms in total. The lowest BCUT2D eigenvalue weighted by Gasteiger charge is -2.06. The summed E-state index contributed by atoms with van der Waals surface area (Å²) >= 11 is 1.36. The van der Waals surface area contributed by atoms with Crippen LogP contribution in [0.2, 0.25) is 0 Å². The summed E-state index contributed by atoms with van der Waals surface area (Å²) in [6, 6.07) is 7.82. The summed E-state index contributed by atoms with van der Waals surface area (Å²) in [5.41, 5.74) is 0.949. The lowest BCUT2D eigenvalue weighted by molar-refractivity contribution is -0.116. The Labute approximate surface area is 173 Å². The van der Waals surface area contributed by atoms with E-state index in [2.05, 4.69) is 22.4 Å². The van der Waals surface area contributed by atoms with Crippen LogP contribution in [0.4, 0.5) is 0 Å². The average Bonchev–Trinajstić information content (AvgIpc) is 3.12. The highest BCUT2D eigenvalue weighted by Gasteiger charge is 2.15. The third-order valence-electron chi connectivity index (χ3n) is 4.59. The van der Waals surface area contributed by atoms with E-state index in [9.17, 15) is 4.79 Å². The van der Waals surface area contributed by atoms with Gasteiger partial charge in [-0.15, -0.1) is 5.10 Å². The van der Waals surface area contributed by atoms with Gasteiger partial charge in [-0.3, -0.25) is 4.79 Å². The van der Waals surface area contributed by atoms with E-state index in [0.29, 0.717) is 10.9 Å². The van der Waals surface area contributed by atoms with Crippen LogP contribution in [0.1, 0.15) is 76.7 Å². The molecule has 1 aromatic carbocycles. The summed E-state index contributed by atoms with van der Waals surface area (Å²) in [4.78, 5) is 11.1. The van der Waals surface area contributed by atoms with Crippen molar-refractivity contribution >= 4 is 29.1 Å². The second-order valence-electron chi connectivity index (χ2n) is 7.09. The number of amidine groups is 1. The Kier molecular flexibility index (Phi) is 11.4. The van der Waals surface area contributed by atoms with Gasteiger partial charge < -0.3 is 10.1 Å². The molecule has 0 radical (unpaired) electrons. The predicted molar refractivity (Wildman–Crippen MR) is 119 cm³/mol. The number of thioether (sulfide) groups is 1. The largest absolute Gasteiger partial charge is 0.494 e. The van der Waals surface area contributed by atoms with Crippen molar-refractivity contribution in [2.75, 3.05) is 12.4 Å². The lowest BCUT2D eigenvalue weighted by Crippen LogP contribution is -2.19. The van der Waals surface area contributed by atoms with Gasteiger partial charge in [-0.2, -0.15) is 5.10 Å². The van der Waals surface area contributed by atoms with Crippen LogP contribution in [0.15, 0.2) is 34.5 Å². The SMILES string of the molecule is CCCCCCCCCCCCOc1ccc(C=NN=C2NC(=O)CS2)cc1. The highest BCUT2D eigenvalue weighted by molar-refractivity contribution is 8.15. The number of nitrogens with one attached hydrogen (secondary N) is 1. The van der Waals surface area contributed by atoms with E-state index in [4.69, 9.17) is 4.74 Å². The summed E-state index contributed by atoms with van der Waals surface area (Å²) in [5, 5.41) is 11.2. The molecule has 154 valence electrons. The Hall–Kier alpha value is -1.82. The monoisotopic (exact) mass is 403 g/mol. The molecule has 0 unspecified atom stereocenters. The number of carbonyl (C=O) groups excluding carboxylic acids is 1. The number of nitrogens with zero attached hydrogens (tertiary/aromatic N) is 2. The summed E-state index contributed by atoms with van der Waals surface area (Å²) in [7, 11) is 0. The fraction of sp³-hybridized carbons (Fsp3) is 0.591. The first-order chi connectivity index (χ1) is 13.8. The summed E-state index contributed by atoms with van der Waals surface area (Å²) in [5.74, 6) is 1.28. The summed E-state index contributed by atoms with van der Waals surface area (Å²) in [6.45, 7) is 3.04. The number of hydrogen-bond acceptors (Lipinski definition) is 5.